The van der Waals surface area contributed by atoms with Gasteiger partial charge in [0.25, 0.3) is 0 Å². The van der Waals surface area contributed by atoms with Gasteiger partial charge in [-0.05, 0) is 42.9 Å². The molecule has 0 fully saturated rings. The van der Waals surface area contributed by atoms with Crippen molar-refractivity contribution in [1.82, 2.24) is 0 Å². The van der Waals surface area contributed by atoms with Crippen LogP contribution in [0.5, 0.6) is 0 Å². The summed E-state index contributed by atoms with van der Waals surface area (Å²) in [5.74, 6) is 2.92. The van der Waals surface area contributed by atoms with Crippen molar-refractivity contribution in [3.8, 4) is 0 Å². The van der Waals surface area contributed by atoms with Crippen LogP contribution in [0.2, 0.25) is 0 Å². The van der Waals surface area contributed by atoms with Crippen LogP contribution in [0, 0.1) is 5.41 Å². The predicted octanol–water partition coefficient (Wildman–Crippen LogP) is 5.34. The highest BCUT2D eigenvalue weighted by Gasteiger charge is 2.28. The smallest absolute Gasteiger partial charge is 0.0549 e. The van der Waals surface area contributed by atoms with Crippen molar-refractivity contribution in [3.63, 3.8) is 0 Å². The fraction of sp³-hybridized carbons (Fsp3) is 0. The van der Waals surface area contributed by atoms with Crippen LogP contribution >= 0.6 is 15.8 Å². The van der Waals surface area contributed by atoms with Crippen molar-refractivity contribution >= 4 is 42.9 Å². The molecule has 4 rings (SSSR count). The molecular formula is C26H21NP2. The molecule has 0 heterocycles. The Labute approximate surface area is 174 Å². The zero-order valence-electron chi connectivity index (χ0n) is 15.9. The molecule has 0 aromatic heterocycles. The van der Waals surface area contributed by atoms with Crippen LogP contribution in [-0.2, 0) is 0 Å². The average Bonchev–Trinajstić information content (AvgIpc) is 2.81. The first kappa shape index (κ1) is 19.5. The molecule has 0 aliphatic rings. The molecule has 0 spiro atoms. The summed E-state index contributed by atoms with van der Waals surface area (Å²) < 4.78 is 0. The molecular weight excluding hydrogens is 388 g/mol. The van der Waals surface area contributed by atoms with Crippen LogP contribution in [0.1, 0.15) is 0 Å². The van der Waals surface area contributed by atoms with Gasteiger partial charge in [-0.15, -0.1) is 0 Å². The van der Waals surface area contributed by atoms with Gasteiger partial charge in [0.1, 0.15) is 0 Å². The zero-order valence-corrected chi connectivity index (χ0v) is 17.7. The van der Waals surface area contributed by atoms with Gasteiger partial charge in [0.15, 0.2) is 0 Å². The van der Waals surface area contributed by atoms with Crippen LogP contribution in [0.4, 0.5) is 0 Å². The number of rotatable bonds is 6. The lowest BCUT2D eigenvalue weighted by Crippen LogP contribution is -2.19. The second-order valence-electron chi connectivity index (χ2n) is 6.46. The van der Waals surface area contributed by atoms with Gasteiger partial charge in [0.05, 0.1) is 5.06 Å². The van der Waals surface area contributed by atoms with Crippen LogP contribution in [0.25, 0.3) is 0 Å². The predicted molar refractivity (Wildman–Crippen MR) is 129 cm³/mol. The van der Waals surface area contributed by atoms with Crippen molar-refractivity contribution in [1.29, 1.82) is 5.41 Å². The molecule has 0 saturated carbocycles. The first-order chi connectivity index (χ1) is 14.4. The third kappa shape index (κ3) is 4.45. The van der Waals surface area contributed by atoms with Gasteiger partial charge >= 0.3 is 0 Å². The third-order valence-corrected chi connectivity index (χ3v) is 10.1. The van der Waals surface area contributed by atoms with E-state index in [2.05, 4.69) is 103 Å². The average molecular weight is 409 g/mol. The normalized spacial score (nSPS) is 10.7. The lowest BCUT2D eigenvalue weighted by Gasteiger charge is -2.27. The molecule has 3 heteroatoms. The number of nitrogens with one attached hydrogen (secondary N) is 1. The standard InChI is InChI=1S/C26H21NP2/c27-21-26(28(22-13-5-1-6-14-22)23-15-7-2-8-16-23)29(24-17-9-3-10-18-24)25-19-11-4-12-20-25/h1-20,27H. The lowest BCUT2D eigenvalue weighted by molar-refractivity contribution is 1.59. The summed E-state index contributed by atoms with van der Waals surface area (Å²) in [6.07, 6.45) is 0. The molecule has 0 saturated heterocycles. The molecule has 0 aliphatic carbocycles. The van der Waals surface area contributed by atoms with Gasteiger partial charge < -0.3 is 0 Å². The van der Waals surface area contributed by atoms with Crippen molar-refractivity contribution in [2.75, 3.05) is 0 Å². The molecule has 0 bridgehead atoms. The van der Waals surface area contributed by atoms with Crippen molar-refractivity contribution in [2.24, 2.45) is 0 Å². The summed E-state index contributed by atoms with van der Waals surface area (Å²) >= 11 is 0. The van der Waals surface area contributed by atoms with Crippen molar-refractivity contribution in [2.45, 2.75) is 0 Å². The minimum absolute atomic E-state index is 0.854. The Bertz CT molecular complexity index is 927. The number of hydrogen-bond acceptors (Lipinski definition) is 1. The summed E-state index contributed by atoms with van der Waals surface area (Å²) in [5, 5.41) is 14.4. The SMILES string of the molecule is N=C=C(P(c1ccccc1)c1ccccc1)P(c1ccccc1)c1ccccc1. The Balaban J connectivity index is 1.92. The molecule has 4 aromatic carbocycles. The largest absolute Gasteiger partial charge is 0.258 e. The van der Waals surface area contributed by atoms with E-state index in [-0.39, 0.29) is 0 Å². The highest BCUT2D eigenvalue weighted by molar-refractivity contribution is 7.95. The summed E-state index contributed by atoms with van der Waals surface area (Å²) in [6.45, 7) is 0. The first-order valence-corrected chi connectivity index (χ1v) is 12.2. The van der Waals surface area contributed by atoms with E-state index in [4.69, 9.17) is 5.41 Å². The summed E-state index contributed by atoms with van der Waals surface area (Å²) in [5.41, 5.74) is 0. The summed E-state index contributed by atoms with van der Waals surface area (Å²) in [4.78, 5) is 0. The second-order valence-corrected chi connectivity index (χ2v) is 11.1. The van der Waals surface area contributed by atoms with Gasteiger partial charge in [-0.1, -0.05) is 121 Å². The summed E-state index contributed by atoms with van der Waals surface area (Å²) in [6, 6.07) is 42.3. The molecule has 0 radical (unpaired) electrons. The minimum atomic E-state index is -0.854. The van der Waals surface area contributed by atoms with Crippen LogP contribution < -0.4 is 21.2 Å². The molecule has 4 aromatic rings. The van der Waals surface area contributed by atoms with Gasteiger partial charge in [0, 0.05) is 0 Å². The third-order valence-electron chi connectivity index (χ3n) is 4.59. The van der Waals surface area contributed by atoms with E-state index >= 15 is 0 Å². The Morgan fingerprint density at radius 2 is 0.690 bits per heavy atom. The van der Waals surface area contributed by atoms with E-state index < -0.39 is 15.8 Å². The van der Waals surface area contributed by atoms with Crippen molar-refractivity contribution in [3.05, 3.63) is 126 Å². The molecule has 0 atom stereocenters. The molecule has 0 unspecified atom stereocenters. The second kappa shape index (κ2) is 9.60. The summed E-state index contributed by atoms with van der Waals surface area (Å²) in [7, 11) is -1.71. The zero-order chi connectivity index (χ0) is 19.9. The Morgan fingerprint density at radius 1 is 0.448 bits per heavy atom. The van der Waals surface area contributed by atoms with Gasteiger partial charge in [-0.3, -0.25) is 5.41 Å². The molecule has 1 N–H and O–H groups in total. The molecule has 0 amide bonds. The topological polar surface area (TPSA) is 23.9 Å². The monoisotopic (exact) mass is 409 g/mol. The Morgan fingerprint density at radius 3 is 0.897 bits per heavy atom. The fourth-order valence-electron chi connectivity index (χ4n) is 3.31. The van der Waals surface area contributed by atoms with E-state index in [0.29, 0.717) is 0 Å². The van der Waals surface area contributed by atoms with Gasteiger partial charge in [-0.25, -0.2) is 0 Å². The fourth-order valence-corrected chi connectivity index (χ4v) is 9.17. The maximum absolute atomic E-state index is 8.36. The Hall–Kier alpha value is -2.81. The minimum Gasteiger partial charge on any atom is -0.258 e. The molecule has 0 aliphatic heterocycles. The first-order valence-electron chi connectivity index (χ1n) is 9.48. The van der Waals surface area contributed by atoms with Crippen LogP contribution in [0.15, 0.2) is 126 Å². The highest BCUT2D eigenvalue weighted by Crippen LogP contribution is 2.58. The lowest BCUT2D eigenvalue weighted by atomic mass is 10.4. The van der Waals surface area contributed by atoms with Crippen LogP contribution in [0.3, 0.4) is 0 Å². The van der Waals surface area contributed by atoms with Crippen LogP contribution in [-0.4, -0.2) is 5.87 Å². The quantitative estimate of drug-likeness (QED) is 0.328. The van der Waals surface area contributed by atoms with E-state index in [1.54, 1.807) is 0 Å². The maximum atomic E-state index is 8.36. The maximum Gasteiger partial charge on any atom is 0.0549 e. The van der Waals surface area contributed by atoms with Gasteiger partial charge in [0.2, 0.25) is 0 Å². The van der Waals surface area contributed by atoms with E-state index in [1.807, 2.05) is 24.3 Å². The molecule has 29 heavy (non-hydrogen) atoms. The van der Waals surface area contributed by atoms with Gasteiger partial charge in [-0.2, -0.15) is 0 Å². The van der Waals surface area contributed by atoms with Crippen molar-refractivity contribution < 1.29 is 0 Å². The molecule has 1 nitrogen and oxygen atoms in total. The number of benzene rings is 4. The molecule has 140 valence electrons. The van der Waals surface area contributed by atoms with E-state index in [0.717, 1.165) is 5.06 Å². The number of hydrogen-bond donors (Lipinski definition) is 1. The van der Waals surface area contributed by atoms with E-state index in [9.17, 15) is 0 Å². The van der Waals surface area contributed by atoms with E-state index in [1.165, 1.54) is 21.2 Å². The Kier molecular flexibility index (Phi) is 6.45. The highest BCUT2D eigenvalue weighted by atomic mass is 31.2.